The number of nitrogens with zero attached hydrogens (tertiary/aromatic N) is 3. The van der Waals surface area contributed by atoms with E-state index in [0.29, 0.717) is 24.0 Å². The number of hydrogen-bond acceptors (Lipinski definition) is 3. The van der Waals surface area contributed by atoms with Crippen LogP contribution in [0.15, 0.2) is 53.6 Å². The number of amides is 1. The summed E-state index contributed by atoms with van der Waals surface area (Å²) in [5.41, 5.74) is 4.32. The third-order valence-electron chi connectivity index (χ3n) is 6.05. The fourth-order valence-corrected chi connectivity index (χ4v) is 4.45. The molecule has 1 fully saturated rings. The molecule has 2 aliphatic heterocycles. The molecule has 29 heavy (non-hydrogen) atoms. The van der Waals surface area contributed by atoms with Crippen molar-refractivity contribution in [2.24, 2.45) is 5.10 Å². The van der Waals surface area contributed by atoms with Crippen LogP contribution in [0.5, 0.6) is 0 Å². The van der Waals surface area contributed by atoms with E-state index in [4.69, 9.17) is 16.7 Å². The van der Waals surface area contributed by atoms with E-state index in [-0.39, 0.29) is 11.9 Å². The van der Waals surface area contributed by atoms with Crippen molar-refractivity contribution in [3.8, 4) is 0 Å². The van der Waals surface area contributed by atoms with Gasteiger partial charge in [0.15, 0.2) is 0 Å². The van der Waals surface area contributed by atoms with Crippen molar-refractivity contribution >= 4 is 23.2 Å². The quantitative estimate of drug-likeness (QED) is 0.695. The van der Waals surface area contributed by atoms with Crippen LogP contribution in [-0.4, -0.2) is 40.7 Å². The van der Waals surface area contributed by atoms with Crippen LogP contribution in [0.4, 0.5) is 0 Å². The first kappa shape index (κ1) is 20.1. The highest BCUT2D eigenvalue weighted by Crippen LogP contribution is 2.34. The van der Waals surface area contributed by atoms with Gasteiger partial charge in [-0.05, 0) is 56.5 Å². The van der Waals surface area contributed by atoms with Gasteiger partial charge in [-0.2, -0.15) is 5.10 Å². The second-order valence-electron chi connectivity index (χ2n) is 8.24. The van der Waals surface area contributed by atoms with Crippen molar-refractivity contribution in [1.29, 1.82) is 0 Å². The largest absolute Gasteiger partial charge is 0.292 e. The molecule has 2 heterocycles. The lowest BCUT2D eigenvalue weighted by atomic mass is 9.97. The van der Waals surface area contributed by atoms with Gasteiger partial charge in [-0.15, -0.1) is 0 Å². The minimum atomic E-state index is -0.0876. The van der Waals surface area contributed by atoms with Crippen molar-refractivity contribution in [2.45, 2.75) is 51.6 Å². The summed E-state index contributed by atoms with van der Waals surface area (Å²) in [6.07, 6.45) is 4.28. The summed E-state index contributed by atoms with van der Waals surface area (Å²) < 4.78 is 0. The summed E-state index contributed by atoms with van der Waals surface area (Å²) in [5.74, 6) is 0.0707. The van der Waals surface area contributed by atoms with E-state index in [0.717, 1.165) is 36.2 Å². The van der Waals surface area contributed by atoms with Gasteiger partial charge < -0.3 is 0 Å². The van der Waals surface area contributed by atoms with Crippen LogP contribution in [0, 0.1) is 6.92 Å². The standard InChI is InChI=1S/C24H28ClN3O/c1-17-6-5-8-20(14-17)22-15-23(19-9-11-21(25)12-10-19)28(26-22)24(29)16-27-13-4-3-7-18(27)2/h5-6,8-12,14,18,23H,3-4,7,13,15-16H2,1-2H3/t18-,23+/m0/s1. The van der Waals surface area contributed by atoms with E-state index in [9.17, 15) is 4.79 Å². The molecule has 0 bridgehead atoms. The van der Waals surface area contributed by atoms with E-state index in [1.807, 2.05) is 30.3 Å². The molecule has 2 atom stereocenters. The highest BCUT2D eigenvalue weighted by molar-refractivity contribution is 6.30. The number of aryl methyl sites for hydroxylation is 1. The number of rotatable bonds is 4. The molecular formula is C24H28ClN3O. The smallest absolute Gasteiger partial charge is 0.257 e. The maximum Gasteiger partial charge on any atom is 0.257 e. The van der Waals surface area contributed by atoms with Gasteiger partial charge in [-0.25, -0.2) is 5.01 Å². The minimum Gasteiger partial charge on any atom is -0.292 e. The molecule has 4 rings (SSSR count). The number of piperidine rings is 1. The predicted octanol–water partition coefficient (Wildman–Crippen LogP) is 5.20. The first-order valence-corrected chi connectivity index (χ1v) is 10.8. The summed E-state index contributed by atoms with van der Waals surface area (Å²) in [5, 5.41) is 7.22. The Morgan fingerprint density at radius 1 is 1.17 bits per heavy atom. The average Bonchev–Trinajstić information content (AvgIpc) is 3.16. The number of benzene rings is 2. The van der Waals surface area contributed by atoms with E-state index in [1.54, 1.807) is 5.01 Å². The molecule has 0 aromatic heterocycles. The van der Waals surface area contributed by atoms with Crippen LogP contribution in [0.2, 0.25) is 5.02 Å². The van der Waals surface area contributed by atoms with Gasteiger partial charge >= 0.3 is 0 Å². The van der Waals surface area contributed by atoms with Gasteiger partial charge in [0.05, 0.1) is 18.3 Å². The number of carbonyl (C=O) groups excluding carboxylic acids is 1. The molecule has 0 aliphatic carbocycles. The molecule has 0 radical (unpaired) electrons. The summed E-state index contributed by atoms with van der Waals surface area (Å²) >= 11 is 6.09. The van der Waals surface area contributed by atoms with Gasteiger partial charge in [0.25, 0.3) is 5.91 Å². The Labute approximate surface area is 178 Å². The first-order chi connectivity index (χ1) is 14.0. The summed E-state index contributed by atoms with van der Waals surface area (Å²) in [6, 6.07) is 16.5. The molecule has 2 aromatic rings. The third-order valence-corrected chi connectivity index (χ3v) is 6.30. The third kappa shape index (κ3) is 4.54. The lowest BCUT2D eigenvalue weighted by molar-refractivity contribution is -0.135. The second-order valence-corrected chi connectivity index (χ2v) is 8.68. The Balaban J connectivity index is 1.61. The molecule has 0 saturated carbocycles. The van der Waals surface area contributed by atoms with Crippen LogP contribution in [0.3, 0.4) is 0 Å². The normalized spacial score (nSPS) is 22.6. The van der Waals surface area contributed by atoms with Crippen LogP contribution in [0.25, 0.3) is 0 Å². The van der Waals surface area contributed by atoms with Crippen molar-refractivity contribution in [3.63, 3.8) is 0 Å². The highest BCUT2D eigenvalue weighted by atomic mass is 35.5. The number of hydrogen-bond donors (Lipinski definition) is 0. The Morgan fingerprint density at radius 3 is 2.69 bits per heavy atom. The second kappa shape index (κ2) is 8.68. The van der Waals surface area contributed by atoms with E-state index in [1.165, 1.54) is 12.0 Å². The van der Waals surface area contributed by atoms with Gasteiger partial charge in [0.1, 0.15) is 0 Å². The van der Waals surface area contributed by atoms with Crippen molar-refractivity contribution in [2.75, 3.05) is 13.1 Å². The summed E-state index contributed by atoms with van der Waals surface area (Å²) in [6.45, 7) is 5.71. The SMILES string of the molecule is Cc1cccc(C2=NN(C(=O)CN3CCCC[C@@H]3C)[C@@H](c3ccc(Cl)cc3)C2)c1. The van der Waals surface area contributed by atoms with Gasteiger partial charge in [0.2, 0.25) is 0 Å². The molecular weight excluding hydrogens is 382 g/mol. The molecule has 2 aliphatic rings. The van der Waals surface area contributed by atoms with E-state index < -0.39 is 0 Å². The molecule has 2 aromatic carbocycles. The highest BCUT2D eigenvalue weighted by Gasteiger charge is 2.34. The number of halogens is 1. The van der Waals surface area contributed by atoms with Crippen LogP contribution in [-0.2, 0) is 4.79 Å². The van der Waals surface area contributed by atoms with Gasteiger partial charge in [0, 0.05) is 17.5 Å². The fraction of sp³-hybridized carbons (Fsp3) is 0.417. The van der Waals surface area contributed by atoms with Gasteiger partial charge in [-0.3, -0.25) is 9.69 Å². The fourth-order valence-electron chi connectivity index (χ4n) is 4.32. The van der Waals surface area contributed by atoms with Crippen LogP contribution < -0.4 is 0 Å². The van der Waals surface area contributed by atoms with E-state index >= 15 is 0 Å². The number of hydrazone groups is 1. The van der Waals surface area contributed by atoms with Crippen molar-refractivity contribution < 1.29 is 4.79 Å². The molecule has 5 heteroatoms. The zero-order chi connectivity index (χ0) is 20.4. The molecule has 0 unspecified atom stereocenters. The summed E-state index contributed by atoms with van der Waals surface area (Å²) in [7, 11) is 0. The molecule has 152 valence electrons. The van der Waals surface area contributed by atoms with Crippen molar-refractivity contribution in [1.82, 2.24) is 9.91 Å². The maximum atomic E-state index is 13.3. The van der Waals surface area contributed by atoms with Crippen LogP contribution in [0.1, 0.15) is 55.3 Å². The zero-order valence-corrected chi connectivity index (χ0v) is 17.9. The number of likely N-dealkylation sites (tertiary alicyclic amines) is 1. The molecule has 4 nitrogen and oxygen atoms in total. The molecule has 1 amide bonds. The first-order valence-electron chi connectivity index (χ1n) is 10.5. The monoisotopic (exact) mass is 409 g/mol. The average molecular weight is 410 g/mol. The maximum absolute atomic E-state index is 13.3. The molecule has 0 N–H and O–H groups in total. The Bertz CT molecular complexity index is 909. The van der Waals surface area contributed by atoms with Crippen molar-refractivity contribution in [3.05, 3.63) is 70.2 Å². The Hall–Kier alpha value is -2.17. The predicted molar refractivity (Wildman–Crippen MR) is 118 cm³/mol. The molecule has 1 saturated heterocycles. The lowest BCUT2D eigenvalue weighted by Gasteiger charge is -2.34. The lowest BCUT2D eigenvalue weighted by Crippen LogP contribution is -2.44. The zero-order valence-electron chi connectivity index (χ0n) is 17.1. The Kier molecular flexibility index (Phi) is 6.02. The van der Waals surface area contributed by atoms with Gasteiger partial charge in [-0.1, -0.05) is 60.0 Å². The number of carbonyl (C=O) groups is 1. The Morgan fingerprint density at radius 2 is 1.97 bits per heavy atom. The summed E-state index contributed by atoms with van der Waals surface area (Å²) in [4.78, 5) is 15.6. The minimum absolute atomic E-state index is 0.0707. The van der Waals surface area contributed by atoms with E-state index in [2.05, 4.69) is 36.9 Å². The topological polar surface area (TPSA) is 35.9 Å². The van der Waals surface area contributed by atoms with Crippen LogP contribution >= 0.6 is 11.6 Å². The molecule has 0 spiro atoms.